The Hall–Kier alpha value is -2.66. The maximum atomic E-state index is 12.9. The van der Waals surface area contributed by atoms with Crippen LogP contribution in [-0.2, 0) is 6.54 Å². The molecule has 31 heavy (non-hydrogen) atoms. The quantitative estimate of drug-likeness (QED) is 0.771. The molecule has 2 amide bonds. The molecule has 2 aromatic carbocycles. The van der Waals surface area contributed by atoms with E-state index >= 15 is 0 Å². The second-order valence-corrected chi connectivity index (χ2v) is 8.84. The Bertz CT molecular complexity index is 852. The zero-order chi connectivity index (χ0) is 21.5. The molecule has 1 aliphatic carbocycles. The monoisotopic (exact) mass is 419 g/mol. The third-order valence-electron chi connectivity index (χ3n) is 6.59. The molecule has 0 bridgehead atoms. The van der Waals surface area contributed by atoms with Gasteiger partial charge in [-0.05, 0) is 48.6 Å². The number of nitrogens with one attached hydrogen (secondary N) is 1. The predicted molar refractivity (Wildman–Crippen MR) is 123 cm³/mol. The van der Waals surface area contributed by atoms with Crippen LogP contribution in [-0.4, -0.2) is 54.3 Å². The number of rotatable bonds is 6. The van der Waals surface area contributed by atoms with Gasteiger partial charge in [0.1, 0.15) is 0 Å². The number of carbonyl (C=O) groups excluding carboxylic acids is 2. The SMILES string of the molecule is O=C(NCc1ccccc1)c1ccc(C(=O)N2CCN(CC3CCCCC3)CC2)cc1. The molecule has 2 aliphatic rings. The van der Waals surface area contributed by atoms with Crippen LogP contribution < -0.4 is 5.32 Å². The fraction of sp³-hybridized carbons (Fsp3) is 0.462. The topological polar surface area (TPSA) is 52.7 Å². The van der Waals surface area contributed by atoms with Crippen LogP contribution >= 0.6 is 0 Å². The first kappa shape index (κ1) is 21.6. The number of carbonyl (C=O) groups is 2. The minimum atomic E-state index is -0.126. The van der Waals surface area contributed by atoms with Crippen LogP contribution in [0.1, 0.15) is 58.4 Å². The van der Waals surface area contributed by atoms with Crippen molar-refractivity contribution in [1.82, 2.24) is 15.1 Å². The number of hydrogen-bond donors (Lipinski definition) is 1. The Balaban J connectivity index is 1.25. The molecular weight excluding hydrogens is 386 g/mol. The van der Waals surface area contributed by atoms with Crippen LogP contribution in [0.4, 0.5) is 0 Å². The molecule has 1 N–H and O–H groups in total. The summed E-state index contributed by atoms with van der Waals surface area (Å²) in [4.78, 5) is 29.8. The van der Waals surface area contributed by atoms with Crippen LogP contribution in [0.2, 0.25) is 0 Å². The molecule has 1 saturated carbocycles. The van der Waals surface area contributed by atoms with Crippen LogP contribution in [0, 0.1) is 5.92 Å². The van der Waals surface area contributed by atoms with Gasteiger partial charge < -0.3 is 10.2 Å². The lowest BCUT2D eigenvalue weighted by atomic mass is 9.89. The van der Waals surface area contributed by atoms with E-state index in [0.29, 0.717) is 17.7 Å². The molecule has 1 saturated heterocycles. The van der Waals surface area contributed by atoms with Gasteiger partial charge in [0.05, 0.1) is 0 Å². The standard InChI is InChI=1S/C26H33N3O2/c30-25(27-19-21-7-3-1-4-8-21)23-11-13-24(14-12-23)26(31)29-17-15-28(16-18-29)20-22-9-5-2-6-10-22/h1,3-4,7-8,11-14,22H,2,5-6,9-10,15-20H2,(H,27,30). The molecule has 1 heterocycles. The Kier molecular flexibility index (Phi) is 7.36. The van der Waals surface area contributed by atoms with E-state index in [1.807, 2.05) is 35.2 Å². The van der Waals surface area contributed by atoms with Crippen LogP contribution in [0.25, 0.3) is 0 Å². The van der Waals surface area contributed by atoms with Crippen molar-refractivity contribution in [3.05, 3.63) is 71.3 Å². The summed E-state index contributed by atoms with van der Waals surface area (Å²) >= 11 is 0. The first-order chi connectivity index (χ1) is 15.2. The first-order valence-corrected chi connectivity index (χ1v) is 11.6. The van der Waals surface area contributed by atoms with Gasteiger partial charge in [-0.2, -0.15) is 0 Å². The predicted octanol–water partition coefficient (Wildman–Crippen LogP) is 3.95. The molecule has 5 nitrogen and oxygen atoms in total. The van der Waals surface area contributed by atoms with Crippen LogP contribution in [0.15, 0.2) is 54.6 Å². The Labute approximate surface area is 185 Å². The molecular formula is C26H33N3O2. The van der Waals surface area contributed by atoms with E-state index in [1.54, 1.807) is 24.3 Å². The third kappa shape index (κ3) is 5.95. The van der Waals surface area contributed by atoms with Crippen molar-refractivity contribution in [3.8, 4) is 0 Å². The largest absolute Gasteiger partial charge is 0.348 e. The van der Waals surface area contributed by atoms with Crippen molar-refractivity contribution in [3.63, 3.8) is 0 Å². The zero-order valence-corrected chi connectivity index (χ0v) is 18.3. The van der Waals surface area contributed by atoms with Gasteiger partial charge in [-0.15, -0.1) is 0 Å². The molecule has 0 atom stereocenters. The van der Waals surface area contributed by atoms with Gasteiger partial charge in [-0.25, -0.2) is 0 Å². The third-order valence-corrected chi connectivity index (χ3v) is 6.59. The second-order valence-electron chi connectivity index (χ2n) is 8.84. The zero-order valence-electron chi connectivity index (χ0n) is 18.3. The highest BCUT2D eigenvalue weighted by atomic mass is 16.2. The summed E-state index contributed by atoms with van der Waals surface area (Å²) < 4.78 is 0. The number of piperazine rings is 1. The van der Waals surface area contributed by atoms with Crippen LogP contribution in [0.5, 0.6) is 0 Å². The highest BCUT2D eigenvalue weighted by Crippen LogP contribution is 2.25. The van der Waals surface area contributed by atoms with Gasteiger partial charge in [0.25, 0.3) is 11.8 Å². The second kappa shape index (κ2) is 10.6. The maximum absolute atomic E-state index is 12.9. The molecule has 0 unspecified atom stereocenters. The number of nitrogens with zero attached hydrogens (tertiary/aromatic N) is 2. The summed E-state index contributed by atoms with van der Waals surface area (Å²) in [7, 11) is 0. The van der Waals surface area contributed by atoms with E-state index in [0.717, 1.165) is 37.7 Å². The van der Waals surface area contributed by atoms with E-state index in [1.165, 1.54) is 38.6 Å². The van der Waals surface area contributed by atoms with Gasteiger partial charge in [-0.1, -0.05) is 49.6 Å². The lowest BCUT2D eigenvalue weighted by Gasteiger charge is -2.37. The van der Waals surface area contributed by atoms with Crippen molar-refractivity contribution in [1.29, 1.82) is 0 Å². The summed E-state index contributed by atoms with van der Waals surface area (Å²) in [6, 6.07) is 16.9. The van der Waals surface area contributed by atoms with Crippen molar-refractivity contribution < 1.29 is 9.59 Å². The molecule has 0 radical (unpaired) electrons. The number of hydrogen-bond acceptors (Lipinski definition) is 3. The average molecular weight is 420 g/mol. The summed E-state index contributed by atoms with van der Waals surface area (Å²) in [6.45, 7) is 5.17. The van der Waals surface area contributed by atoms with E-state index in [9.17, 15) is 9.59 Å². The molecule has 2 aromatic rings. The highest BCUT2D eigenvalue weighted by molar-refractivity contribution is 5.97. The Morgan fingerprint density at radius 1 is 0.806 bits per heavy atom. The van der Waals surface area contributed by atoms with Crippen LogP contribution in [0.3, 0.4) is 0 Å². The van der Waals surface area contributed by atoms with Gasteiger partial charge in [0.15, 0.2) is 0 Å². The number of benzene rings is 2. The Morgan fingerprint density at radius 3 is 2.13 bits per heavy atom. The lowest BCUT2D eigenvalue weighted by Crippen LogP contribution is -2.49. The lowest BCUT2D eigenvalue weighted by molar-refractivity contribution is 0.0606. The Morgan fingerprint density at radius 2 is 1.45 bits per heavy atom. The van der Waals surface area contributed by atoms with Crippen molar-refractivity contribution >= 4 is 11.8 Å². The fourth-order valence-corrected chi connectivity index (χ4v) is 4.70. The van der Waals surface area contributed by atoms with Gasteiger partial charge >= 0.3 is 0 Å². The highest BCUT2D eigenvalue weighted by Gasteiger charge is 2.24. The van der Waals surface area contributed by atoms with Crippen molar-refractivity contribution in [2.24, 2.45) is 5.92 Å². The normalized spacial score (nSPS) is 18.0. The van der Waals surface area contributed by atoms with E-state index in [2.05, 4.69) is 10.2 Å². The summed E-state index contributed by atoms with van der Waals surface area (Å²) in [6.07, 6.45) is 6.88. The molecule has 1 aliphatic heterocycles. The molecule has 5 heteroatoms. The molecule has 0 aromatic heterocycles. The smallest absolute Gasteiger partial charge is 0.253 e. The van der Waals surface area contributed by atoms with E-state index in [-0.39, 0.29) is 11.8 Å². The van der Waals surface area contributed by atoms with E-state index in [4.69, 9.17) is 0 Å². The van der Waals surface area contributed by atoms with E-state index < -0.39 is 0 Å². The minimum absolute atomic E-state index is 0.0635. The summed E-state index contributed by atoms with van der Waals surface area (Å²) in [5.74, 6) is 0.782. The maximum Gasteiger partial charge on any atom is 0.253 e. The number of amides is 2. The van der Waals surface area contributed by atoms with Gasteiger partial charge in [0, 0.05) is 50.4 Å². The summed E-state index contributed by atoms with van der Waals surface area (Å²) in [5, 5.41) is 2.93. The van der Waals surface area contributed by atoms with Gasteiger partial charge in [-0.3, -0.25) is 14.5 Å². The molecule has 164 valence electrons. The fourth-order valence-electron chi connectivity index (χ4n) is 4.70. The summed E-state index contributed by atoms with van der Waals surface area (Å²) in [5.41, 5.74) is 2.29. The van der Waals surface area contributed by atoms with Crippen molar-refractivity contribution in [2.75, 3.05) is 32.7 Å². The average Bonchev–Trinajstić information content (AvgIpc) is 2.84. The van der Waals surface area contributed by atoms with Crippen molar-refractivity contribution in [2.45, 2.75) is 38.6 Å². The molecule has 2 fully saturated rings. The minimum Gasteiger partial charge on any atom is -0.348 e. The molecule has 4 rings (SSSR count). The first-order valence-electron chi connectivity index (χ1n) is 11.6. The van der Waals surface area contributed by atoms with Gasteiger partial charge in [0.2, 0.25) is 0 Å². The molecule has 0 spiro atoms.